The minimum absolute atomic E-state index is 0.434. The maximum Gasteiger partial charge on any atom is 0.494 e. The Hall–Kier alpha value is -0.795. The van der Waals surface area contributed by atoms with Crippen molar-refractivity contribution in [3.63, 3.8) is 0 Å². The second-order valence-corrected chi connectivity index (χ2v) is 5.75. The van der Waals surface area contributed by atoms with Gasteiger partial charge >= 0.3 is 7.12 Å². The number of benzene rings is 1. The smallest absolute Gasteiger partial charge is 0.399 e. The molecular formula is C17H25BO2. The van der Waals surface area contributed by atoms with Crippen LogP contribution in [0.25, 0.3) is 0 Å². The minimum atomic E-state index is -3.57. The van der Waals surface area contributed by atoms with Crippen LogP contribution in [0.1, 0.15) is 82.5 Å². The fraction of sp³-hybridized carbons (Fsp3) is 0.647. The van der Waals surface area contributed by atoms with Crippen molar-refractivity contribution < 1.29 is 27.1 Å². The Bertz CT molecular complexity index is 979. The summed E-state index contributed by atoms with van der Waals surface area (Å²) in [5, 5.41) is 0. The molecule has 20 heavy (non-hydrogen) atoms. The van der Waals surface area contributed by atoms with E-state index in [4.69, 9.17) is 27.1 Å². The van der Waals surface area contributed by atoms with E-state index >= 15 is 0 Å². The quantitative estimate of drug-likeness (QED) is 0.772. The third kappa shape index (κ3) is 2.42. The van der Waals surface area contributed by atoms with Crippen LogP contribution in [-0.2, 0) is 9.31 Å². The Balaban J connectivity index is 2.41. The van der Waals surface area contributed by atoms with Crippen molar-refractivity contribution in [2.75, 3.05) is 0 Å². The van der Waals surface area contributed by atoms with Crippen molar-refractivity contribution in [3.8, 4) is 0 Å². The van der Waals surface area contributed by atoms with Crippen LogP contribution in [0.4, 0.5) is 0 Å². The molecule has 2 aliphatic rings. The van der Waals surface area contributed by atoms with Gasteiger partial charge in [-0.1, -0.05) is 36.9 Å². The standard InChI is InChI=1S/C17H25BO2/c1-16(2)17(3,4)20-18(19-16)15-11-7-10-14(12-15)13-8-5-6-9-13/h7,10-13H,5-6,8-9H2,1-4H3/i5D2,6D2,7D,8D2,9D2,10D,11D,12D,13D. The van der Waals surface area contributed by atoms with E-state index in [1.165, 1.54) is 0 Å². The van der Waals surface area contributed by atoms with Crippen LogP contribution in [0.3, 0.4) is 0 Å². The minimum Gasteiger partial charge on any atom is -0.399 e. The highest BCUT2D eigenvalue weighted by atomic mass is 16.7. The van der Waals surface area contributed by atoms with Crippen LogP contribution in [0.2, 0.25) is 0 Å². The van der Waals surface area contributed by atoms with Crippen LogP contribution in [-0.4, -0.2) is 18.3 Å². The molecule has 0 unspecified atom stereocenters. The summed E-state index contributed by atoms with van der Waals surface area (Å²) in [6.07, 6.45) is -14.2. The molecule has 1 aliphatic heterocycles. The van der Waals surface area contributed by atoms with Crippen LogP contribution in [0.15, 0.2) is 24.2 Å². The van der Waals surface area contributed by atoms with Gasteiger partial charge in [0, 0.05) is 12.3 Å². The molecule has 1 heterocycles. The SMILES string of the molecule is [2H]c1c([2H])c(B2OC(C)(C)C(C)(C)O2)c([2H])c(C2([2H])C([2H])([2H])C([2H])([2H])C([2H])([2H])C2([2H])[2H])c1[2H]. The van der Waals surface area contributed by atoms with E-state index in [1.54, 1.807) is 27.7 Å². The predicted octanol–water partition coefficient (Wildman–Crippen LogP) is 3.64. The molecule has 1 aliphatic carbocycles. The fourth-order valence-electron chi connectivity index (χ4n) is 1.91. The summed E-state index contributed by atoms with van der Waals surface area (Å²) in [7, 11) is -1.44. The van der Waals surface area contributed by atoms with Gasteiger partial charge in [-0.2, -0.15) is 0 Å². The Labute approximate surface area is 141 Å². The summed E-state index contributed by atoms with van der Waals surface area (Å²) in [5.74, 6) is -3.46. The van der Waals surface area contributed by atoms with Crippen molar-refractivity contribution in [1.29, 1.82) is 0 Å². The summed E-state index contributed by atoms with van der Waals surface area (Å²) in [4.78, 5) is 0. The first kappa shape index (κ1) is 5.44. The molecule has 0 amide bonds. The monoisotopic (exact) mass is 285 g/mol. The molecule has 1 saturated heterocycles. The summed E-state index contributed by atoms with van der Waals surface area (Å²) in [6.45, 7) is 6.74. The summed E-state index contributed by atoms with van der Waals surface area (Å²) >= 11 is 0. The maximum atomic E-state index is 8.81. The average molecular weight is 285 g/mol. The molecule has 1 aromatic rings. The van der Waals surface area contributed by atoms with Gasteiger partial charge in [-0.05, 0) is 57.4 Å². The van der Waals surface area contributed by atoms with Gasteiger partial charge in [-0.25, -0.2) is 0 Å². The molecule has 0 atom stereocenters. The molecule has 0 radical (unpaired) electrons. The lowest BCUT2D eigenvalue weighted by atomic mass is 9.77. The molecule has 3 heteroatoms. The fourth-order valence-corrected chi connectivity index (χ4v) is 1.91. The highest BCUT2D eigenvalue weighted by molar-refractivity contribution is 6.62. The normalized spacial score (nSPS) is 46.4. The van der Waals surface area contributed by atoms with Crippen molar-refractivity contribution in [2.45, 2.75) is 70.3 Å². The molecule has 0 aromatic heterocycles. The lowest BCUT2D eigenvalue weighted by molar-refractivity contribution is 0.00578. The highest BCUT2D eigenvalue weighted by Crippen LogP contribution is 2.37. The summed E-state index contributed by atoms with van der Waals surface area (Å²) < 4.78 is 119. The first-order valence-corrected chi connectivity index (χ1v) is 6.42. The molecule has 2 fully saturated rings. The molecule has 0 spiro atoms. The van der Waals surface area contributed by atoms with Gasteiger partial charge in [0.15, 0.2) is 0 Å². The maximum absolute atomic E-state index is 8.81. The lowest BCUT2D eigenvalue weighted by Gasteiger charge is -2.32. The third-order valence-electron chi connectivity index (χ3n) is 3.82. The number of hydrogen-bond donors (Lipinski definition) is 0. The van der Waals surface area contributed by atoms with Crippen LogP contribution < -0.4 is 5.46 Å². The Morgan fingerprint density at radius 3 is 2.40 bits per heavy atom. The van der Waals surface area contributed by atoms with Gasteiger partial charge in [0.25, 0.3) is 0 Å². The molecule has 108 valence electrons. The van der Waals surface area contributed by atoms with Crippen LogP contribution >= 0.6 is 0 Å². The van der Waals surface area contributed by atoms with Gasteiger partial charge in [0.05, 0.1) is 16.7 Å². The Kier molecular flexibility index (Phi) is 1.33. The largest absolute Gasteiger partial charge is 0.494 e. The first-order valence-electron chi connectivity index (χ1n) is 12.9. The summed E-state index contributed by atoms with van der Waals surface area (Å²) in [6, 6.07) is -3.45. The molecule has 1 saturated carbocycles. The van der Waals surface area contributed by atoms with Crippen LogP contribution in [0, 0.1) is 0 Å². The van der Waals surface area contributed by atoms with E-state index in [9.17, 15) is 0 Å². The highest BCUT2D eigenvalue weighted by Gasteiger charge is 2.51. The molecule has 3 rings (SSSR count). The zero-order valence-corrected chi connectivity index (χ0v) is 11.9. The molecule has 1 aromatic carbocycles. The second kappa shape index (κ2) is 4.89. The zero-order valence-electron chi connectivity index (χ0n) is 24.9. The van der Waals surface area contributed by atoms with Crippen molar-refractivity contribution >= 4 is 12.6 Å². The molecule has 0 bridgehead atoms. The zero-order chi connectivity index (χ0) is 26.0. The van der Waals surface area contributed by atoms with E-state index < -0.39 is 84.9 Å². The summed E-state index contributed by atoms with van der Waals surface area (Å²) in [5.41, 5.74) is -3.35. The van der Waals surface area contributed by atoms with Crippen LogP contribution in [0.5, 0.6) is 0 Å². The molecule has 2 nitrogen and oxygen atoms in total. The Morgan fingerprint density at radius 1 is 1.20 bits per heavy atom. The van der Waals surface area contributed by atoms with E-state index in [0.717, 1.165) is 0 Å². The average Bonchev–Trinajstić information content (AvgIpc) is 2.87. The van der Waals surface area contributed by atoms with Gasteiger partial charge in [0.2, 0.25) is 0 Å². The van der Waals surface area contributed by atoms with E-state index in [2.05, 4.69) is 0 Å². The predicted molar refractivity (Wildman–Crippen MR) is 83.4 cm³/mol. The van der Waals surface area contributed by atoms with Gasteiger partial charge < -0.3 is 9.31 Å². The molecular weight excluding hydrogens is 247 g/mol. The van der Waals surface area contributed by atoms with Crippen molar-refractivity contribution in [3.05, 3.63) is 29.7 Å². The molecule has 0 N–H and O–H groups in total. The second-order valence-electron chi connectivity index (χ2n) is 5.75. The van der Waals surface area contributed by atoms with Crippen molar-refractivity contribution in [2.24, 2.45) is 0 Å². The van der Waals surface area contributed by atoms with E-state index in [1.807, 2.05) is 0 Å². The lowest BCUT2D eigenvalue weighted by Crippen LogP contribution is -2.41. The number of hydrogen-bond acceptors (Lipinski definition) is 2. The topological polar surface area (TPSA) is 18.5 Å². The third-order valence-corrected chi connectivity index (χ3v) is 3.82. The first-order chi connectivity index (χ1) is 14.5. The van der Waals surface area contributed by atoms with Gasteiger partial charge in [-0.15, -0.1) is 0 Å². The van der Waals surface area contributed by atoms with Gasteiger partial charge in [-0.3, -0.25) is 0 Å². The van der Waals surface area contributed by atoms with Crippen molar-refractivity contribution in [1.82, 2.24) is 0 Å². The number of rotatable bonds is 2. The van der Waals surface area contributed by atoms with Gasteiger partial charge in [0.1, 0.15) is 0 Å². The van der Waals surface area contributed by atoms with E-state index in [-0.39, 0.29) is 0 Å². The Morgan fingerprint density at radius 2 is 1.80 bits per heavy atom. The van der Waals surface area contributed by atoms with E-state index in [0.29, 0.717) is 0 Å².